The maximum Gasteiger partial charge on any atom is 0.200 e. The van der Waals surface area contributed by atoms with Crippen LogP contribution in [0.15, 0.2) is 45.0 Å². The van der Waals surface area contributed by atoms with Crippen molar-refractivity contribution in [1.29, 1.82) is 0 Å². The van der Waals surface area contributed by atoms with Crippen molar-refractivity contribution in [2.45, 2.75) is 0 Å². The van der Waals surface area contributed by atoms with E-state index in [1.165, 1.54) is 0 Å². The SMILES string of the molecule is FC1=C(F)/C(F)=C(Cl)\C(Cl)=C(F)/C(F)=C\1F. The van der Waals surface area contributed by atoms with Gasteiger partial charge in [-0.1, -0.05) is 23.2 Å². The second-order valence-electron chi connectivity index (χ2n) is 2.51. The largest absolute Gasteiger partial charge is 0.202 e. The molecule has 0 nitrogen and oxygen atoms in total. The minimum Gasteiger partial charge on any atom is -0.202 e. The summed E-state index contributed by atoms with van der Waals surface area (Å²) in [4.78, 5) is 0. The number of rotatable bonds is 0. The average Bonchev–Trinajstić information content (AvgIpc) is 2.30. The Bertz CT molecular complexity index is 321. The van der Waals surface area contributed by atoms with Gasteiger partial charge in [-0.25, -0.2) is 26.3 Å². The third-order valence-electron chi connectivity index (χ3n) is 1.54. The molecule has 0 heterocycles. The Hall–Kier alpha value is -0.880. The zero-order chi connectivity index (χ0) is 12.6. The van der Waals surface area contributed by atoms with Gasteiger partial charge in [0.05, 0.1) is 0 Å². The smallest absolute Gasteiger partial charge is 0.200 e. The second-order valence-corrected chi connectivity index (χ2v) is 3.27. The second kappa shape index (κ2) is 4.55. The summed E-state index contributed by atoms with van der Waals surface area (Å²) in [5.74, 6) is -14.1. The van der Waals surface area contributed by atoms with E-state index in [0.717, 1.165) is 0 Å². The Labute approximate surface area is 95.1 Å². The van der Waals surface area contributed by atoms with Gasteiger partial charge in [0, 0.05) is 0 Å². The van der Waals surface area contributed by atoms with Crippen LogP contribution in [0.5, 0.6) is 0 Å². The van der Waals surface area contributed by atoms with Gasteiger partial charge >= 0.3 is 0 Å². The molecule has 0 fully saturated rings. The highest BCUT2D eigenvalue weighted by molar-refractivity contribution is 6.44. The van der Waals surface area contributed by atoms with Crippen LogP contribution in [0.1, 0.15) is 0 Å². The van der Waals surface area contributed by atoms with E-state index in [9.17, 15) is 26.3 Å². The molecule has 0 atom stereocenters. The Morgan fingerprint density at radius 1 is 0.438 bits per heavy atom. The molecule has 0 aromatic carbocycles. The maximum absolute atomic E-state index is 12.9. The van der Waals surface area contributed by atoms with E-state index in [1.54, 1.807) is 0 Å². The summed E-state index contributed by atoms with van der Waals surface area (Å²) >= 11 is 9.97. The fourth-order valence-corrected chi connectivity index (χ4v) is 1.10. The highest BCUT2D eigenvalue weighted by Gasteiger charge is 2.30. The first-order valence-corrected chi connectivity index (χ1v) is 4.27. The quantitative estimate of drug-likeness (QED) is 0.539. The van der Waals surface area contributed by atoms with Crippen LogP contribution >= 0.6 is 23.2 Å². The molecule has 1 rings (SSSR count). The molecule has 8 heteroatoms. The Morgan fingerprint density at radius 2 is 0.625 bits per heavy atom. The van der Waals surface area contributed by atoms with Gasteiger partial charge in [0.25, 0.3) is 0 Å². The molecule has 0 saturated heterocycles. The predicted molar refractivity (Wildman–Crippen MR) is 46.5 cm³/mol. The van der Waals surface area contributed by atoms with Crippen molar-refractivity contribution in [3.8, 4) is 0 Å². The lowest BCUT2D eigenvalue weighted by atomic mass is 10.2. The molecule has 0 bridgehead atoms. The van der Waals surface area contributed by atoms with Gasteiger partial charge in [0.2, 0.25) is 11.7 Å². The first kappa shape index (κ1) is 13.2. The number of hydrogen-bond acceptors (Lipinski definition) is 0. The van der Waals surface area contributed by atoms with E-state index in [1.807, 2.05) is 0 Å². The summed E-state index contributed by atoms with van der Waals surface area (Å²) in [6.07, 6.45) is 0. The van der Waals surface area contributed by atoms with Crippen LogP contribution in [0.4, 0.5) is 26.3 Å². The summed E-state index contributed by atoms with van der Waals surface area (Å²) in [6, 6.07) is 0. The minimum absolute atomic E-state index is 1.39. The Morgan fingerprint density at radius 3 is 0.875 bits per heavy atom. The summed E-state index contributed by atoms with van der Waals surface area (Å²) in [6.45, 7) is 0. The van der Waals surface area contributed by atoms with Gasteiger partial charge < -0.3 is 0 Å². The first-order valence-electron chi connectivity index (χ1n) is 3.51. The minimum atomic E-state index is -2.53. The zero-order valence-electron chi connectivity index (χ0n) is 7.02. The summed E-state index contributed by atoms with van der Waals surface area (Å²) in [5.41, 5.74) is 0. The topological polar surface area (TPSA) is 0 Å². The molecule has 0 N–H and O–H groups in total. The third-order valence-corrected chi connectivity index (χ3v) is 2.35. The zero-order valence-corrected chi connectivity index (χ0v) is 8.54. The Kier molecular flexibility index (Phi) is 3.75. The van der Waals surface area contributed by atoms with E-state index in [-0.39, 0.29) is 0 Å². The normalized spacial score (nSPS) is 37.5. The summed E-state index contributed by atoms with van der Waals surface area (Å²) in [5, 5.41) is -2.79. The predicted octanol–water partition coefficient (Wildman–Crippen LogP) is 5.14. The van der Waals surface area contributed by atoms with E-state index < -0.39 is 45.0 Å². The van der Waals surface area contributed by atoms with Crippen molar-refractivity contribution in [2.24, 2.45) is 0 Å². The molecule has 88 valence electrons. The van der Waals surface area contributed by atoms with Crippen LogP contribution < -0.4 is 0 Å². The number of halogens is 8. The van der Waals surface area contributed by atoms with Crippen molar-refractivity contribution >= 4 is 23.2 Å². The third kappa shape index (κ3) is 1.99. The molecular formula is C8Cl2F6. The fraction of sp³-hybridized carbons (Fsp3) is 0. The fourth-order valence-electron chi connectivity index (χ4n) is 0.771. The lowest BCUT2D eigenvalue weighted by molar-refractivity contribution is 0.435. The standard InChI is InChI=1S/C8Cl2F6/c9-1-2(10)4(12)6(14)8(16)7(15)5(13)3(1)11/b2-1?,3-1-,4-2-,5-3?,6-4?,7-5-,8-6-,8-7?. The van der Waals surface area contributed by atoms with Crippen molar-refractivity contribution in [3.63, 3.8) is 0 Å². The summed E-state index contributed by atoms with van der Waals surface area (Å²) < 4.78 is 76.5. The van der Waals surface area contributed by atoms with Crippen molar-refractivity contribution in [2.75, 3.05) is 0 Å². The maximum atomic E-state index is 12.9. The number of hydrogen-bond donors (Lipinski definition) is 0. The average molecular weight is 281 g/mol. The molecule has 1 aliphatic rings. The van der Waals surface area contributed by atoms with Crippen molar-refractivity contribution in [1.82, 2.24) is 0 Å². The van der Waals surface area contributed by atoms with E-state index >= 15 is 0 Å². The summed E-state index contributed by atoms with van der Waals surface area (Å²) in [7, 11) is 0. The van der Waals surface area contributed by atoms with Crippen LogP contribution in [0.3, 0.4) is 0 Å². The number of allylic oxidation sites excluding steroid dienone is 8. The van der Waals surface area contributed by atoms with Gasteiger partial charge in [-0.05, 0) is 0 Å². The lowest BCUT2D eigenvalue weighted by Gasteiger charge is -2.06. The van der Waals surface area contributed by atoms with Crippen LogP contribution in [-0.4, -0.2) is 0 Å². The van der Waals surface area contributed by atoms with E-state index in [2.05, 4.69) is 0 Å². The molecule has 0 saturated carbocycles. The van der Waals surface area contributed by atoms with Crippen LogP contribution in [-0.2, 0) is 0 Å². The van der Waals surface area contributed by atoms with Crippen molar-refractivity contribution < 1.29 is 26.3 Å². The van der Waals surface area contributed by atoms with Gasteiger partial charge in [-0.15, -0.1) is 0 Å². The van der Waals surface area contributed by atoms with Gasteiger partial charge in [-0.2, -0.15) is 0 Å². The first-order chi connectivity index (χ1) is 7.29. The van der Waals surface area contributed by atoms with Crippen LogP contribution in [0.2, 0.25) is 0 Å². The molecule has 0 aliphatic heterocycles. The highest BCUT2D eigenvalue weighted by Crippen LogP contribution is 2.40. The van der Waals surface area contributed by atoms with Gasteiger partial charge in [0.15, 0.2) is 23.3 Å². The molecule has 0 aromatic heterocycles. The molecule has 1 aliphatic carbocycles. The molecule has 16 heavy (non-hydrogen) atoms. The Balaban J connectivity index is 3.67. The molecule has 0 amide bonds. The van der Waals surface area contributed by atoms with Gasteiger partial charge in [0.1, 0.15) is 10.1 Å². The molecule has 0 radical (unpaired) electrons. The molecule has 0 unspecified atom stereocenters. The van der Waals surface area contributed by atoms with Crippen LogP contribution in [0.25, 0.3) is 0 Å². The van der Waals surface area contributed by atoms with E-state index in [4.69, 9.17) is 23.2 Å². The van der Waals surface area contributed by atoms with E-state index in [0.29, 0.717) is 0 Å². The monoisotopic (exact) mass is 280 g/mol. The van der Waals surface area contributed by atoms with Crippen molar-refractivity contribution in [3.05, 3.63) is 45.0 Å². The van der Waals surface area contributed by atoms with Gasteiger partial charge in [-0.3, -0.25) is 0 Å². The molecular weight excluding hydrogens is 281 g/mol. The molecule has 0 aromatic rings. The highest BCUT2D eigenvalue weighted by atomic mass is 35.5. The lowest BCUT2D eigenvalue weighted by Crippen LogP contribution is -1.96. The van der Waals surface area contributed by atoms with Crippen LogP contribution in [0, 0.1) is 0 Å². The molecule has 0 spiro atoms.